The Labute approximate surface area is 178 Å². The van der Waals surface area contributed by atoms with Gasteiger partial charge in [-0.15, -0.1) is 0 Å². The molecule has 1 aliphatic heterocycles. The quantitative estimate of drug-likeness (QED) is 0.537. The number of fused-ring (bicyclic) bond motifs is 1. The van der Waals surface area contributed by atoms with Gasteiger partial charge < -0.3 is 29.5 Å². The lowest BCUT2D eigenvalue weighted by atomic mass is 9.99. The number of nitrogens with one attached hydrogen (secondary N) is 1. The first-order valence-corrected chi connectivity index (χ1v) is 10.2. The van der Waals surface area contributed by atoms with Crippen LogP contribution in [0.3, 0.4) is 0 Å². The molecular weight excluding hydrogens is 382 g/mol. The molecule has 0 aromatic heterocycles. The van der Waals surface area contributed by atoms with Gasteiger partial charge in [0.15, 0.2) is 17.5 Å². The van der Waals surface area contributed by atoms with Crippen LogP contribution in [0.25, 0.3) is 0 Å². The van der Waals surface area contributed by atoms with Gasteiger partial charge in [-0.25, -0.2) is 0 Å². The number of aliphatic hydroxyl groups is 1. The Balaban J connectivity index is 1.74. The van der Waals surface area contributed by atoms with Crippen LogP contribution in [0.5, 0.6) is 17.2 Å². The Kier molecular flexibility index (Phi) is 7.41. The molecule has 2 aromatic carbocycles. The van der Waals surface area contributed by atoms with E-state index in [0.717, 1.165) is 54.8 Å². The molecule has 0 saturated heterocycles. The van der Waals surface area contributed by atoms with Gasteiger partial charge in [0.1, 0.15) is 5.75 Å². The number of methoxy groups -OCH3 is 3. The van der Waals surface area contributed by atoms with Crippen molar-refractivity contribution in [2.24, 2.45) is 4.99 Å². The second kappa shape index (κ2) is 10.2. The van der Waals surface area contributed by atoms with E-state index in [1.807, 2.05) is 37.3 Å². The maximum absolute atomic E-state index is 10.6. The first kappa shape index (κ1) is 21.8. The molecule has 162 valence electrons. The number of benzene rings is 2. The van der Waals surface area contributed by atoms with Crippen molar-refractivity contribution in [1.29, 1.82) is 0 Å². The summed E-state index contributed by atoms with van der Waals surface area (Å²) < 4.78 is 16.1. The van der Waals surface area contributed by atoms with Crippen molar-refractivity contribution in [3.63, 3.8) is 0 Å². The number of hydrogen-bond donors (Lipinski definition) is 2. The molecule has 7 heteroatoms. The third-order valence-electron chi connectivity index (χ3n) is 5.27. The van der Waals surface area contributed by atoms with Crippen molar-refractivity contribution in [2.45, 2.75) is 26.0 Å². The summed E-state index contributed by atoms with van der Waals surface area (Å²) in [5.41, 5.74) is 3.27. The zero-order valence-electron chi connectivity index (χ0n) is 18.1. The van der Waals surface area contributed by atoms with Gasteiger partial charge >= 0.3 is 0 Å². The predicted molar refractivity (Wildman–Crippen MR) is 118 cm³/mol. The Morgan fingerprint density at radius 2 is 1.73 bits per heavy atom. The number of rotatable bonds is 7. The monoisotopic (exact) mass is 413 g/mol. The van der Waals surface area contributed by atoms with E-state index < -0.39 is 6.10 Å². The Bertz CT molecular complexity index is 867. The van der Waals surface area contributed by atoms with Gasteiger partial charge in [-0.3, -0.25) is 4.99 Å². The maximum Gasteiger partial charge on any atom is 0.194 e. The van der Waals surface area contributed by atoms with E-state index in [-0.39, 0.29) is 6.54 Å². The standard InChI is InChI=1S/C23H31N3O4/c1-5-24-23(25-14-20(27)16-6-8-19(28-2)9-7-16)26-11-10-17-12-21(29-3)22(30-4)13-18(17)15-26/h6-9,12-13,20,27H,5,10-11,14-15H2,1-4H3,(H,24,25). The fourth-order valence-electron chi connectivity index (χ4n) is 3.59. The highest BCUT2D eigenvalue weighted by atomic mass is 16.5. The summed E-state index contributed by atoms with van der Waals surface area (Å²) in [6.45, 7) is 4.64. The SMILES string of the molecule is CCNC(=NCC(O)c1ccc(OC)cc1)N1CCc2cc(OC)c(OC)cc2C1. The highest BCUT2D eigenvalue weighted by Crippen LogP contribution is 2.33. The fourth-order valence-corrected chi connectivity index (χ4v) is 3.59. The first-order chi connectivity index (χ1) is 14.6. The fraction of sp³-hybridized carbons (Fsp3) is 0.435. The molecule has 1 atom stereocenters. The highest BCUT2D eigenvalue weighted by molar-refractivity contribution is 5.80. The normalized spacial score (nSPS) is 14.7. The molecule has 2 N–H and O–H groups in total. The summed E-state index contributed by atoms with van der Waals surface area (Å²) in [7, 11) is 4.93. The van der Waals surface area contributed by atoms with Crippen molar-refractivity contribution in [3.8, 4) is 17.2 Å². The molecule has 7 nitrogen and oxygen atoms in total. The lowest BCUT2D eigenvalue weighted by Crippen LogP contribution is -2.44. The van der Waals surface area contributed by atoms with Crippen LogP contribution in [0.4, 0.5) is 0 Å². The van der Waals surface area contributed by atoms with Crippen LogP contribution in [-0.4, -0.2) is 56.9 Å². The minimum Gasteiger partial charge on any atom is -0.497 e. The predicted octanol–water partition coefficient (Wildman–Crippen LogP) is 2.77. The molecule has 30 heavy (non-hydrogen) atoms. The van der Waals surface area contributed by atoms with E-state index in [9.17, 15) is 5.11 Å². The third kappa shape index (κ3) is 4.97. The summed E-state index contributed by atoms with van der Waals surface area (Å²) in [6.07, 6.45) is 0.215. The zero-order chi connectivity index (χ0) is 21.5. The highest BCUT2D eigenvalue weighted by Gasteiger charge is 2.22. The largest absolute Gasteiger partial charge is 0.497 e. The molecule has 0 spiro atoms. The number of ether oxygens (including phenoxy) is 3. The van der Waals surface area contributed by atoms with Gasteiger partial charge in [0.05, 0.1) is 34.0 Å². The molecule has 1 unspecified atom stereocenters. The number of aliphatic imine (C=N–C) groups is 1. The molecule has 1 aliphatic rings. The Morgan fingerprint density at radius 3 is 2.33 bits per heavy atom. The molecule has 0 fully saturated rings. The number of nitrogens with zero attached hydrogens (tertiary/aromatic N) is 2. The Morgan fingerprint density at radius 1 is 1.07 bits per heavy atom. The number of aliphatic hydroxyl groups excluding tert-OH is 1. The van der Waals surface area contributed by atoms with Crippen LogP contribution in [0, 0.1) is 0 Å². The van der Waals surface area contributed by atoms with Gasteiger partial charge in [-0.05, 0) is 54.3 Å². The van der Waals surface area contributed by atoms with Crippen molar-refractivity contribution >= 4 is 5.96 Å². The van der Waals surface area contributed by atoms with Gasteiger partial charge in [-0.1, -0.05) is 12.1 Å². The van der Waals surface area contributed by atoms with E-state index in [1.165, 1.54) is 11.1 Å². The lowest BCUT2D eigenvalue weighted by molar-refractivity contribution is 0.186. The van der Waals surface area contributed by atoms with Crippen molar-refractivity contribution < 1.29 is 19.3 Å². The Hall–Kier alpha value is -2.93. The van der Waals surface area contributed by atoms with Crippen LogP contribution in [0.2, 0.25) is 0 Å². The zero-order valence-corrected chi connectivity index (χ0v) is 18.1. The molecule has 0 bridgehead atoms. The molecule has 0 amide bonds. The molecule has 3 rings (SSSR count). The van der Waals surface area contributed by atoms with Crippen LogP contribution in [0.1, 0.15) is 29.7 Å². The van der Waals surface area contributed by atoms with Crippen LogP contribution >= 0.6 is 0 Å². The van der Waals surface area contributed by atoms with Crippen LogP contribution < -0.4 is 19.5 Å². The van der Waals surface area contributed by atoms with Crippen molar-refractivity contribution in [2.75, 3.05) is 41.0 Å². The summed E-state index contributed by atoms with van der Waals surface area (Å²) in [4.78, 5) is 6.91. The minimum absolute atomic E-state index is 0.282. The van der Waals surface area contributed by atoms with Crippen molar-refractivity contribution in [1.82, 2.24) is 10.2 Å². The summed E-state index contributed by atoms with van der Waals surface area (Å²) in [5.74, 6) is 3.05. The van der Waals surface area contributed by atoms with Crippen LogP contribution in [0.15, 0.2) is 41.4 Å². The number of hydrogen-bond acceptors (Lipinski definition) is 5. The third-order valence-corrected chi connectivity index (χ3v) is 5.27. The van der Waals surface area contributed by atoms with Crippen molar-refractivity contribution in [3.05, 3.63) is 53.1 Å². The van der Waals surface area contributed by atoms with E-state index in [2.05, 4.69) is 16.3 Å². The lowest BCUT2D eigenvalue weighted by Gasteiger charge is -2.32. The smallest absolute Gasteiger partial charge is 0.194 e. The van der Waals surface area contributed by atoms with E-state index in [1.54, 1.807) is 21.3 Å². The minimum atomic E-state index is -0.675. The van der Waals surface area contributed by atoms with E-state index in [0.29, 0.717) is 0 Å². The summed E-state index contributed by atoms with van der Waals surface area (Å²) in [5, 5.41) is 13.9. The molecule has 2 aromatic rings. The second-order valence-corrected chi connectivity index (χ2v) is 7.13. The second-order valence-electron chi connectivity index (χ2n) is 7.13. The van der Waals surface area contributed by atoms with Gasteiger partial charge in [-0.2, -0.15) is 0 Å². The molecule has 1 heterocycles. The van der Waals surface area contributed by atoms with Gasteiger partial charge in [0.25, 0.3) is 0 Å². The summed E-state index contributed by atoms with van der Waals surface area (Å²) >= 11 is 0. The first-order valence-electron chi connectivity index (χ1n) is 10.2. The van der Waals surface area contributed by atoms with Gasteiger partial charge in [0, 0.05) is 19.6 Å². The maximum atomic E-state index is 10.6. The van der Waals surface area contributed by atoms with Gasteiger partial charge in [0.2, 0.25) is 0 Å². The van der Waals surface area contributed by atoms with E-state index in [4.69, 9.17) is 19.2 Å². The average Bonchev–Trinajstić information content (AvgIpc) is 2.80. The molecule has 0 saturated carbocycles. The molecular formula is C23H31N3O4. The molecule has 0 radical (unpaired) electrons. The topological polar surface area (TPSA) is 75.6 Å². The van der Waals surface area contributed by atoms with Crippen LogP contribution in [-0.2, 0) is 13.0 Å². The molecule has 0 aliphatic carbocycles. The number of guanidine groups is 1. The van der Waals surface area contributed by atoms with E-state index >= 15 is 0 Å². The summed E-state index contributed by atoms with van der Waals surface area (Å²) in [6, 6.07) is 11.5. The average molecular weight is 414 g/mol.